The average Bonchev–Trinajstić information content (AvgIpc) is 2.35. The monoisotopic (exact) mass is 231 g/mol. The van der Waals surface area contributed by atoms with Crippen molar-refractivity contribution in [3.8, 4) is 0 Å². The van der Waals surface area contributed by atoms with Crippen molar-refractivity contribution in [3.05, 3.63) is 40.8 Å². The molecule has 0 aliphatic rings. The van der Waals surface area contributed by atoms with Crippen molar-refractivity contribution in [1.29, 1.82) is 0 Å². The predicted molar refractivity (Wildman–Crippen MR) is 69.9 cm³/mol. The molecule has 0 aliphatic carbocycles. The lowest BCUT2D eigenvalue weighted by atomic mass is 10.3. The summed E-state index contributed by atoms with van der Waals surface area (Å²) in [5.74, 6) is 0. The third-order valence-corrected chi connectivity index (χ3v) is 2.81. The van der Waals surface area contributed by atoms with Gasteiger partial charge in [-0.2, -0.15) is 0 Å². The third-order valence-electron chi connectivity index (χ3n) is 2.81. The second-order valence-electron chi connectivity index (χ2n) is 4.13. The Balaban J connectivity index is 2.51. The molecule has 0 saturated carbocycles. The molecule has 0 saturated heterocycles. The Morgan fingerprint density at radius 3 is 2.94 bits per heavy atom. The minimum atomic E-state index is -0.0326. The zero-order chi connectivity index (χ0) is 12.3. The van der Waals surface area contributed by atoms with Gasteiger partial charge in [0.2, 0.25) is 0 Å². The van der Waals surface area contributed by atoms with Gasteiger partial charge in [-0.3, -0.25) is 4.79 Å². The highest BCUT2D eigenvalue weighted by Crippen LogP contribution is 2.07. The Morgan fingerprint density at radius 2 is 2.18 bits per heavy atom. The van der Waals surface area contributed by atoms with Gasteiger partial charge in [-0.05, 0) is 24.6 Å². The molecular weight excluding hydrogens is 214 g/mol. The summed E-state index contributed by atoms with van der Waals surface area (Å²) in [5.41, 5.74) is 0.688. The molecule has 2 heterocycles. The fourth-order valence-corrected chi connectivity index (χ4v) is 1.87. The van der Waals surface area contributed by atoms with Crippen LogP contribution in [0.2, 0.25) is 0 Å². The topological polar surface area (TPSA) is 38.1 Å². The van der Waals surface area contributed by atoms with E-state index in [0.717, 1.165) is 30.4 Å². The summed E-state index contributed by atoms with van der Waals surface area (Å²) in [4.78, 5) is 16.2. The number of unbranched alkanes of at least 4 members (excludes halogenated alkanes) is 1. The normalized spacial score (nSPS) is 10.7. The van der Waals surface area contributed by atoms with Gasteiger partial charge < -0.3 is 5.01 Å². The number of nitrogens with zero attached hydrogens (tertiary/aromatic N) is 3. The maximum atomic E-state index is 11.9. The zero-order valence-electron chi connectivity index (χ0n) is 10.3. The van der Waals surface area contributed by atoms with Gasteiger partial charge in [-0.25, -0.2) is 9.66 Å². The Morgan fingerprint density at radius 1 is 1.35 bits per heavy atom. The first kappa shape index (κ1) is 11.6. The summed E-state index contributed by atoms with van der Waals surface area (Å²) in [7, 11) is 1.92. The molecule has 0 spiro atoms. The average molecular weight is 231 g/mol. The van der Waals surface area contributed by atoms with E-state index in [9.17, 15) is 4.79 Å². The maximum absolute atomic E-state index is 11.9. The fraction of sp³-hybridized carbons (Fsp3) is 0.385. The summed E-state index contributed by atoms with van der Waals surface area (Å²) < 4.78 is 1.64. The van der Waals surface area contributed by atoms with Gasteiger partial charge in [0.25, 0.3) is 5.56 Å². The predicted octanol–water partition coefficient (Wildman–Crippen LogP) is 1.76. The lowest BCUT2D eigenvalue weighted by Gasteiger charge is -2.22. The van der Waals surface area contributed by atoms with E-state index < -0.39 is 0 Å². The Labute approximate surface area is 100 Å². The molecule has 2 rings (SSSR count). The van der Waals surface area contributed by atoms with E-state index in [1.165, 1.54) is 0 Å². The molecule has 90 valence electrons. The molecule has 0 amide bonds. The first-order chi connectivity index (χ1) is 8.24. The molecule has 0 radical (unpaired) electrons. The van der Waals surface area contributed by atoms with Crippen molar-refractivity contribution in [2.75, 3.05) is 18.6 Å². The molecule has 0 fully saturated rings. The summed E-state index contributed by atoms with van der Waals surface area (Å²) in [5, 5.41) is 2.91. The van der Waals surface area contributed by atoms with Crippen molar-refractivity contribution in [2.45, 2.75) is 19.8 Å². The van der Waals surface area contributed by atoms with Crippen LogP contribution in [0.15, 0.2) is 35.3 Å². The second-order valence-corrected chi connectivity index (χ2v) is 4.13. The molecule has 0 bridgehead atoms. The zero-order valence-corrected chi connectivity index (χ0v) is 10.3. The Bertz CT molecular complexity index is 562. The van der Waals surface area contributed by atoms with Crippen LogP contribution in [0.25, 0.3) is 11.0 Å². The van der Waals surface area contributed by atoms with E-state index in [4.69, 9.17) is 0 Å². The highest BCUT2D eigenvalue weighted by molar-refractivity contribution is 5.74. The standard InChI is InChI=1S/C13H17N3O/c1-3-4-10-15(2)16-12(17)8-7-11-6-5-9-14-13(11)16/h5-9H,3-4,10H2,1-2H3. The van der Waals surface area contributed by atoms with Crippen LogP contribution >= 0.6 is 0 Å². The number of aromatic nitrogens is 2. The van der Waals surface area contributed by atoms with Gasteiger partial charge in [0.05, 0.1) is 0 Å². The van der Waals surface area contributed by atoms with Crippen molar-refractivity contribution in [3.63, 3.8) is 0 Å². The van der Waals surface area contributed by atoms with E-state index in [-0.39, 0.29) is 5.56 Å². The van der Waals surface area contributed by atoms with Crippen molar-refractivity contribution in [1.82, 2.24) is 9.66 Å². The number of hydrogen-bond acceptors (Lipinski definition) is 3. The highest BCUT2D eigenvalue weighted by atomic mass is 16.1. The van der Waals surface area contributed by atoms with E-state index >= 15 is 0 Å². The van der Waals surface area contributed by atoms with E-state index in [1.807, 2.05) is 30.3 Å². The number of hydrogen-bond donors (Lipinski definition) is 0. The van der Waals surface area contributed by atoms with Gasteiger partial charge in [-0.15, -0.1) is 0 Å². The minimum Gasteiger partial charge on any atom is -0.311 e. The van der Waals surface area contributed by atoms with Crippen LogP contribution in [-0.4, -0.2) is 23.3 Å². The third kappa shape index (κ3) is 2.30. The van der Waals surface area contributed by atoms with Crippen LogP contribution in [0.1, 0.15) is 19.8 Å². The lowest BCUT2D eigenvalue weighted by Crippen LogP contribution is -2.39. The number of rotatable bonds is 4. The van der Waals surface area contributed by atoms with Crippen LogP contribution in [0, 0.1) is 0 Å². The summed E-state index contributed by atoms with van der Waals surface area (Å²) in [6, 6.07) is 7.25. The van der Waals surface area contributed by atoms with Gasteiger partial charge in [0.1, 0.15) is 0 Å². The molecule has 0 N–H and O–H groups in total. The SMILES string of the molecule is CCCCN(C)n1c(=O)ccc2cccnc21. The highest BCUT2D eigenvalue weighted by Gasteiger charge is 2.07. The second kappa shape index (κ2) is 4.99. The molecule has 0 unspecified atom stereocenters. The van der Waals surface area contributed by atoms with E-state index in [0.29, 0.717) is 0 Å². The van der Waals surface area contributed by atoms with Crippen molar-refractivity contribution in [2.24, 2.45) is 0 Å². The summed E-state index contributed by atoms with van der Waals surface area (Å²) in [6.45, 7) is 2.99. The van der Waals surface area contributed by atoms with E-state index in [1.54, 1.807) is 16.9 Å². The molecule has 4 heteroatoms. The number of pyridine rings is 2. The van der Waals surface area contributed by atoms with Gasteiger partial charge in [-0.1, -0.05) is 13.3 Å². The van der Waals surface area contributed by atoms with Gasteiger partial charge in [0.15, 0.2) is 5.65 Å². The molecule has 0 atom stereocenters. The minimum absolute atomic E-state index is 0.0326. The number of fused-ring (bicyclic) bond motifs is 1. The summed E-state index contributed by atoms with van der Waals surface area (Å²) >= 11 is 0. The first-order valence-electron chi connectivity index (χ1n) is 5.92. The lowest BCUT2D eigenvalue weighted by molar-refractivity contribution is 0.612. The van der Waals surface area contributed by atoms with Crippen molar-refractivity contribution < 1.29 is 0 Å². The van der Waals surface area contributed by atoms with Crippen LogP contribution in [0.3, 0.4) is 0 Å². The fourth-order valence-electron chi connectivity index (χ4n) is 1.87. The van der Waals surface area contributed by atoms with E-state index in [2.05, 4.69) is 11.9 Å². The molecule has 2 aromatic rings. The molecular formula is C13H17N3O. The molecule has 2 aromatic heterocycles. The molecule has 0 aromatic carbocycles. The smallest absolute Gasteiger partial charge is 0.270 e. The molecule has 4 nitrogen and oxygen atoms in total. The first-order valence-corrected chi connectivity index (χ1v) is 5.92. The molecule has 0 aliphatic heterocycles. The van der Waals surface area contributed by atoms with Crippen LogP contribution < -0.4 is 10.6 Å². The Kier molecular flexibility index (Phi) is 3.42. The molecule has 17 heavy (non-hydrogen) atoms. The largest absolute Gasteiger partial charge is 0.311 e. The quantitative estimate of drug-likeness (QED) is 0.804. The van der Waals surface area contributed by atoms with Gasteiger partial charge in [0, 0.05) is 31.2 Å². The van der Waals surface area contributed by atoms with Crippen molar-refractivity contribution >= 4 is 11.0 Å². The Hall–Kier alpha value is -1.84. The van der Waals surface area contributed by atoms with Crippen LogP contribution in [0.4, 0.5) is 0 Å². The summed E-state index contributed by atoms with van der Waals surface area (Å²) in [6.07, 6.45) is 3.88. The maximum Gasteiger partial charge on any atom is 0.270 e. The van der Waals surface area contributed by atoms with Crippen LogP contribution in [-0.2, 0) is 0 Å². The van der Waals surface area contributed by atoms with Gasteiger partial charge >= 0.3 is 0 Å². The van der Waals surface area contributed by atoms with Crippen LogP contribution in [0.5, 0.6) is 0 Å².